The topological polar surface area (TPSA) is 73.9 Å². The molecular formula is C23H21NO5S2. The quantitative estimate of drug-likeness (QED) is 0.388. The Morgan fingerprint density at radius 2 is 2.06 bits per heavy atom. The van der Waals surface area contributed by atoms with Crippen molar-refractivity contribution in [2.24, 2.45) is 0 Å². The van der Waals surface area contributed by atoms with E-state index in [9.17, 15) is 9.59 Å². The Hall–Kier alpha value is -3.10. The number of nitrogens with one attached hydrogen (secondary N) is 1. The van der Waals surface area contributed by atoms with E-state index in [1.54, 1.807) is 24.3 Å². The van der Waals surface area contributed by atoms with Crippen LogP contribution in [0.4, 0.5) is 5.00 Å². The summed E-state index contributed by atoms with van der Waals surface area (Å²) in [5.41, 5.74) is 2.23. The number of ether oxygens (including phenoxy) is 3. The van der Waals surface area contributed by atoms with Gasteiger partial charge in [-0.05, 0) is 54.6 Å². The molecule has 0 spiro atoms. The number of anilines is 1. The lowest BCUT2D eigenvalue weighted by Crippen LogP contribution is -2.12. The predicted molar refractivity (Wildman–Crippen MR) is 122 cm³/mol. The van der Waals surface area contributed by atoms with E-state index in [4.69, 9.17) is 14.2 Å². The Kier molecular flexibility index (Phi) is 6.39. The fourth-order valence-electron chi connectivity index (χ4n) is 3.20. The van der Waals surface area contributed by atoms with Crippen LogP contribution in [0, 0.1) is 6.92 Å². The number of amides is 1. The first-order chi connectivity index (χ1) is 15.0. The summed E-state index contributed by atoms with van der Waals surface area (Å²) < 4.78 is 16.1. The lowest BCUT2D eigenvalue weighted by Gasteiger charge is -2.06. The van der Waals surface area contributed by atoms with E-state index in [0.29, 0.717) is 22.7 Å². The number of benzene rings is 1. The average molecular weight is 456 g/mol. The van der Waals surface area contributed by atoms with Gasteiger partial charge in [-0.3, -0.25) is 4.79 Å². The maximum absolute atomic E-state index is 12.6. The highest BCUT2D eigenvalue weighted by molar-refractivity contribution is 7.17. The predicted octanol–water partition coefficient (Wildman–Crippen LogP) is 5.27. The van der Waals surface area contributed by atoms with E-state index in [1.807, 2.05) is 42.6 Å². The van der Waals surface area contributed by atoms with Crippen LogP contribution in [0.2, 0.25) is 0 Å². The summed E-state index contributed by atoms with van der Waals surface area (Å²) in [6.07, 6.45) is 3.81. The van der Waals surface area contributed by atoms with E-state index >= 15 is 0 Å². The lowest BCUT2D eigenvalue weighted by atomic mass is 10.1. The van der Waals surface area contributed by atoms with Gasteiger partial charge in [0.1, 0.15) is 5.00 Å². The van der Waals surface area contributed by atoms with Crippen LogP contribution < -0.4 is 14.8 Å². The molecule has 1 aliphatic rings. The third-order valence-electron chi connectivity index (χ3n) is 4.71. The Balaban J connectivity index is 1.59. The summed E-state index contributed by atoms with van der Waals surface area (Å²) >= 11 is 2.93. The molecule has 1 aliphatic heterocycles. The lowest BCUT2D eigenvalue weighted by molar-refractivity contribution is -0.111. The molecule has 0 saturated carbocycles. The number of esters is 1. The average Bonchev–Trinajstić information content (AvgIpc) is 3.48. The molecule has 3 heterocycles. The highest BCUT2D eigenvalue weighted by atomic mass is 32.1. The zero-order valence-electron chi connectivity index (χ0n) is 17.1. The number of fused-ring (bicyclic) bond motifs is 1. The third kappa shape index (κ3) is 4.81. The van der Waals surface area contributed by atoms with Gasteiger partial charge in [-0.1, -0.05) is 12.1 Å². The first kappa shape index (κ1) is 21.1. The zero-order chi connectivity index (χ0) is 21.8. The smallest absolute Gasteiger partial charge is 0.341 e. The summed E-state index contributed by atoms with van der Waals surface area (Å²) in [6.45, 7) is 4.12. The molecule has 0 bridgehead atoms. The van der Waals surface area contributed by atoms with E-state index in [2.05, 4.69) is 5.32 Å². The molecule has 4 rings (SSSR count). The summed E-state index contributed by atoms with van der Waals surface area (Å²) in [5, 5.41) is 5.29. The molecule has 160 valence electrons. The van der Waals surface area contributed by atoms with Crippen LogP contribution in [0.25, 0.3) is 6.08 Å². The van der Waals surface area contributed by atoms with E-state index in [0.717, 1.165) is 26.6 Å². The van der Waals surface area contributed by atoms with Crippen molar-refractivity contribution < 1.29 is 23.8 Å². The second-order valence-electron chi connectivity index (χ2n) is 6.78. The molecule has 31 heavy (non-hydrogen) atoms. The van der Waals surface area contributed by atoms with Gasteiger partial charge in [0.15, 0.2) is 11.5 Å². The molecule has 2 aromatic heterocycles. The van der Waals surface area contributed by atoms with E-state index < -0.39 is 5.97 Å². The number of hydrogen-bond acceptors (Lipinski definition) is 7. The largest absolute Gasteiger partial charge is 0.462 e. The molecule has 3 aromatic rings. The fraction of sp³-hybridized carbons (Fsp3) is 0.217. The highest BCUT2D eigenvalue weighted by Gasteiger charge is 2.24. The van der Waals surface area contributed by atoms with Crippen LogP contribution in [-0.2, 0) is 16.0 Å². The van der Waals surface area contributed by atoms with Gasteiger partial charge in [-0.25, -0.2) is 4.79 Å². The van der Waals surface area contributed by atoms with Crippen LogP contribution in [0.3, 0.4) is 0 Å². The van der Waals surface area contributed by atoms with Crippen LogP contribution in [0.5, 0.6) is 11.5 Å². The maximum Gasteiger partial charge on any atom is 0.341 e. The summed E-state index contributed by atoms with van der Waals surface area (Å²) in [4.78, 5) is 27.0. The normalized spacial score (nSPS) is 12.3. The van der Waals surface area contributed by atoms with Crippen molar-refractivity contribution in [2.45, 2.75) is 20.3 Å². The van der Waals surface area contributed by atoms with Gasteiger partial charge in [0.05, 0.1) is 12.2 Å². The van der Waals surface area contributed by atoms with Crippen molar-refractivity contribution in [3.63, 3.8) is 0 Å². The standard InChI is InChI=1S/C23H21NO5S2/c1-3-27-23(26)21-14(2)19(12-15-6-8-17-18(11-15)29-13-28-17)31-22(21)24-20(25)9-7-16-5-4-10-30-16/h4-11H,3,12-13H2,1-2H3,(H,24,25). The van der Waals surface area contributed by atoms with Gasteiger partial charge in [-0.15, -0.1) is 22.7 Å². The van der Waals surface area contributed by atoms with Crippen molar-refractivity contribution in [3.05, 3.63) is 68.2 Å². The minimum Gasteiger partial charge on any atom is -0.462 e. The van der Waals surface area contributed by atoms with E-state index in [-0.39, 0.29) is 19.3 Å². The molecule has 0 aliphatic carbocycles. The molecule has 0 atom stereocenters. The SMILES string of the molecule is CCOC(=O)c1c(NC(=O)C=Cc2cccs2)sc(Cc2ccc3c(c2)OCO3)c1C. The minimum absolute atomic E-state index is 0.221. The number of thiophene rings is 2. The van der Waals surface area contributed by atoms with E-state index in [1.165, 1.54) is 17.4 Å². The minimum atomic E-state index is -0.439. The Bertz CT molecular complexity index is 1130. The number of carbonyl (C=O) groups excluding carboxylic acids is 2. The summed E-state index contributed by atoms with van der Waals surface area (Å²) in [7, 11) is 0. The van der Waals surface area contributed by atoms with Gasteiger partial charge in [0.2, 0.25) is 12.7 Å². The molecule has 1 N–H and O–H groups in total. The summed E-state index contributed by atoms with van der Waals surface area (Å²) in [6, 6.07) is 9.64. The second-order valence-corrected chi connectivity index (χ2v) is 8.86. The van der Waals surface area contributed by atoms with Gasteiger partial charge in [0, 0.05) is 22.3 Å². The molecule has 0 fully saturated rings. The van der Waals surface area contributed by atoms with Crippen molar-refractivity contribution in [3.8, 4) is 11.5 Å². The van der Waals surface area contributed by atoms with Crippen LogP contribution in [0.15, 0.2) is 41.8 Å². The highest BCUT2D eigenvalue weighted by Crippen LogP contribution is 2.37. The second kappa shape index (κ2) is 9.36. The van der Waals surface area contributed by atoms with Crippen LogP contribution >= 0.6 is 22.7 Å². The zero-order valence-corrected chi connectivity index (χ0v) is 18.7. The van der Waals surface area contributed by atoms with Crippen LogP contribution in [0.1, 0.15) is 38.2 Å². The van der Waals surface area contributed by atoms with Gasteiger partial charge >= 0.3 is 5.97 Å². The molecule has 0 radical (unpaired) electrons. The Labute approximate surface area is 188 Å². The van der Waals surface area contributed by atoms with Crippen molar-refractivity contribution in [1.82, 2.24) is 0 Å². The molecular weight excluding hydrogens is 434 g/mol. The van der Waals surface area contributed by atoms with Gasteiger partial charge < -0.3 is 19.5 Å². The fourth-order valence-corrected chi connectivity index (χ4v) is 5.05. The Morgan fingerprint density at radius 1 is 1.23 bits per heavy atom. The van der Waals surface area contributed by atoms with Crippen molar-refractivity contribution >= 4 is 45.6 Å². The molecule has 6 nitrogen and oxygen atoms in total. The van der Waals surface area contributed by atoms with Crippen LogP contribution in [-0.4, -0.2) is 25.3 Å². The van der Waals surface area contributed by atoms with Crippen molar-refractivity contribution in [1.29, 1.82) is 0 Å². The molecule has 0 saturated heterocycles. The maximum atomic E-state index is 12.6. The molecule has 8 heteroatoms. The first-order valence-corrected chi connectivity index (χ1v) is 11.4. The monoisotopic (exact) mass is 455 g/mol. The first-order valence-electron chi connectivity index (χ1n) is 9.75. The molecule has 1 aromatic carbocycles. The third-order valence-corrected chi connectivity index (χ3v) is 6.75. The van der Waals surface area contributed by atoms with Crippen molar-refractivity contribution in [2.75, 3.05) is 18.7 Å². The molecule has 1 amide bonds. The van der Waals surface area contributed by atoms with Gasteiger partial charge in [-0.2, -0.15) is 0 Å². The Morgan fingerprint density at radius 3 is 2.84 bits per heavy atom. The summed E-state index contributed by atoms with van der Waals surface area (Å²) in [5.74, 6) is 0.703. The number of rotatable bonds is 7. The number of carbonyl (C=O) groups is 2. The van der Waals surface area contributed by atoms with Gasteiger partial charge in [0.25, 0.3) is 0 Å². The number of hydrogen-bond donors (Lipinski definition) is 1. The molecule has 0 unspecified atom stereocenters.